The number of nitrogens with one attached hydrogen (secondary N) is 1. The number of hydrogen-bond acceptors (Lipinski definition) is 3. The van der Waals surface area contributed by atoms with Crippen molar-refractivity contribution in [2.45, 2.75) is 25.3 Å². The smallest absolute Gasteiger partial charge is 0.255 e. The number of rotatable bonds is 4. The van der Waals surface area contributed by atoms with Crippen LogP contribution in [0.3, 0.4) is 0 Å². The number of methoxy groups -OCH3 is 2. The van der Waals surface area contributed by atoms with Crippen molar-refractivity contribution in [2.75, 3.05) is 14.2 Å². The lowest BCUT2D eigenvalue weighted by molar-refractivity contribution is 0.0929. The van der Waals surface area contributed by atoms with Crippen LogP contribution >= 0.6 is 0 Å². The molecule has 3 rings (SSSR count). The zero-order chi connectivity index (χ0) is 16.2. The number of benzene rings is 2. The number of carbonyl (C=O) groups is 1. The molecule has 0 bridgehead atoms. The Balaban J connectivity index is 1.86. The highest BCUT2D eigenvalue weighted by Gasteiger charge is 2.24. The Morgan fingerprint density at radius 3 is 2.70 bits per heavy atom. The molecule has 0 spiro atoms. The zero-order valence-corrected chi connectivity index (χ0v) is 13.5. The first-order chi connectivity index (χ1) is 11.2. The van der Waals surface area contributed by atoms with Gasteiger partial charge in [-0.3, -0.25) is 4.79 Å². The van der Waals surface area contributed by atoms with Crippen LogP contribution in [0.5, 0.6) is 11.5 Å². The van der Waals surface area contributed by atoms with Gasteiger partial charge in [-0.1, -0.05) is 30.3 Å². The first-order valence-electron chi connectivity index (χ1n) is 7.84. The van der Waals surface area contributed by atoms with E-state index in [1.54, 1.807) is 32.4 Å². The maximum Gasteiger partial charge on any atom is 0.255 e. The van der Waals surface area contributed by atoms with Gasteiger partial charge in [0.1, 0.15) is 0 Å². The van der Waals surface area contributed by atoms with Crippen molar-refractivity contribution in [1.82, 2.24) is 5.32 Å². The van der Waals surface area contributed by atoms with Crippen LogP contribution in [-0.2, 0) is 6.42 Å². The molecule has 0 aromatic heterocycles. The molecule has 0 fully saturated rings. The van der Waals surface area contributed by atoms with Gasteiger partial charge in [0.25, 0.3) is 5.91 Å². The fourth-order valence-corrected chi connectivity index (χ4v) is 3.21. The summed E-state index contributed by atoms with van der Waals surface area (Å²) in [6.45, 7) is 0. The average molecular weight is 311 g/mol. The number of carbonyl (C=O) groups excluding carboxylic acids is 1. The van der Waals surface area contributed by atoms with E-state index in [0.29, 0.717) is 17.1 Å². The highest BCUT2D eigenvalue weighted by atomic mass is 16.5. The van der Waals surface area contributed by atoms with Crippen molar-refractivity contribution < 1.29 is 14.3 Å². The highest BCUT2D eigenvalue weighted by molar-refractivity contribution is 5.98. The van der Waals surface area contributed by atoms with E-state index < -0.39 is 0 Å². The molecule has 0 unspecified atom stereocenters. The molecule has 0 saturated carbocycles. The summed E-state index contributed by atoms with van der Waals surface area (Å²) in [6, 6.07) is 13.7. The average Bonchev–Trinajstić information content (AvgIpc) is 2.61. The topological polar surface area (TPSA) is 47.6 Å². The van der Waals surface area contributed by atoms with Crippen LogP contribution in [0, 0.1) is 0 Å². The maximum absolute atomic E-state index is 12.7. The molecule has 120 valence electrons. The predicted octanol–water partition coefficient (Wildman–Crippen LogP) is 3.51. The van der Waals surface area contributed by atoms with Crippen LogP contribution in [0.2, 0.25) is 0 Å². The Morgan fingerprint density at radius 1 is 1.09 bits per heavy atom. The van der Waals surface area contributed by atoms with E-state index in [1.165, 1.54) is 11.1 Å². The molecular weight excluding hydrogens is 290 g/mol. The van der Waals surface area contributed by atoms with Gasteiger partial charge in [-0.25, -0.2) is 0 Å². The molecule has 4 heteroatoms. The second kappa shape index (κ2) is 6.73. The summed E-state index contributed by atoms with van der Waals surface area (Å²) in [5.74, 6) is 0.892. The Hall–Kier alpha value is -2.49. The van der Waals surface area contributed by atoms with Gasteiger partial charge in [0.15, 0.2) is 11.5 Å². The molecule has 4 nitrogen and oxygen atoms in total. The van der Waals surface area contributed by atoms with Crippen LogP contribution in [0.15, 0.2) is 42.5 Å². The molecule has 1 amide bonds. The lowest BCUT2D eigenvalue weighted by Crippen LogP contribution is -2.31. The molecule has 1 aliphatic rings. The van der Waals surface area contributed by atoms with E-state index in [0.717, 1.165) is 19.3 Å². The molecular formula is C19H21NO3. The fraction of sp³-hybridized carbons (Fsp3) is 0.316. The molecule has 0 aliphatic heterocycles. The van der Waals surface area contributed by atoms with Crippen molar-refractivity contribution in [2.24, 2.45) is 0 Å². The summed E-state index contributed by atoms with van der Waals surface area (Å²) in [4.78, 5) is 12.7. The largest absolute Gasteiger partial charge is 0.493 e. The van der Waals surface area contributed by atoms with Gasteiger partial charge in [0, 0.05) is 0 Å². The van der Waals surface area contributed by atoms with Gasteiger partial charge in [-0.2, -0.15) is 0 Å². The van der Waals surface area contributed by atoms with E-state index in [-0.39, 0.29) is 11.9 Å². The number of hydrogen-bond donors (Lipinski definition) is 1. The normalized spacial score (nSPS) is 16.3. The number of amides is 1. The van der Waals surface area contributed by atoms with Gasteiger partial charge in [0.05, 0.1) is 25.8 Å². The molecule has 0 heterocycles. The number of aryl methyl sites for hydroxylation is 1. The molecule has 2 aromatic rings. The maximum atomic E-state index is 12.7. The fourth-order valence-electron chi connectivity index (χ4n) is 3.21. The minimum Gasteiger partial charge on any atom is -0.493 e. The molecule has 1 N–H and O–H groups in total. The summed E-state index contributed by atoms with van der Waals surface area (Å²) in [7, 11) is 3.11. The number of para-hydroxylation sites is 1. The zero-order valence-electron chi connectivity index (χ0n) is 13.5. The van der Waals surface area contributed by atoms with Crippen LogP contribution in [-0.4, -0.2) is 20.1 Å². The molecule has 1 aliphatic carbocycles. The van der Waals surface area contributed by atoms with Gasteiger partial charge in [-0.15, -0.1) is 0 Å². The second-order valence-electron chi connectivity index (χ2n) is 5.66. The van der Waals surface area contributed by atoms with Crippen molar-refractivity contribution in [3.8, 4) is 11.5 Å². The minimum absolute atomic E-state index is 0.0448. The Labute approximate surface area is 136 Å². The van der Waals surface area contributed by atoms with E-state index >= 15 is 0 Å². The monoisotopic (exact) mass is 311 g/mol. The van der Waals surface area contributed by atoms with E-state index in [4.69, 9.17) is 9.47 Å². The molecule has 1 atom stereocenters. The van der Waals surface area contributed by atoms with Crippen molar-refractivity contribution in [1.29, 1.82) is 0 Å². The molecule has 23 heavy (non-hydrogen) atoms. The van der Waals surface area contributed by atoms with Gasteiger partial charge < -0.3 is 14.8 Å². The minimum atomic E-state index is -0.137. The number of ether oxygens (including phenoxy) is 2. The van der Waals surface area contributed by atoms with Crippen molar-refractivity contribution >= 4 is 5.91 Å². The molecule has 0 radical (unpaired) electrons. The van der Waals surface area contributed by atoms with Gasteiger partial charge in [-0.05, 0) is 42.5 Å². The third kappa shape index (κ3) is 3.02. The number of fused-ring (bicyclic) bond motifs is 1. The van der Waals surface area contributed by atoms with E-state index in [1.807, 2.05) is 12.1 Å². The first kappa shape index (κ1) is 15.4. The summed E-state index contributed by atoms with van der Waals surface area (Å²) in [6.07, 6.45) is 3.11. The Morgan fingerprint density at radius 2 is 1.91 bits per heavy atom. The summed E-state index contributed by atoms with van der Waals surface area (Å²) in [5, 5.41) is 3.14. The third-order valence-electron chi connectivity index (χ3n) is 4.32. The summed E-state index contributed by atoms with van der Waals surface area (Å²) in [5.41, 5.74) is 3.03. The van der Waals surface area contributed by atoms with E-state index in [2.05, 4.69) is 17.4 Å². The van der Waals surface area contributed by atoms with Crippen molar-refractivity contribution in [3.05, 3.63) is 59.2 Å². The van der Waals surface area contributed by atoms with Crippen LogP contribution in [0.1, 0.15) is 40.4 Å². The second-order valence-corrected chi connectivity index (χ2v) is 5.66. The highest BCUT2D eigenvalue weighted by Crippen LogP contribution is 2.33. The van der Waals surface area contributed by atoms with Gasteiger partial charge in [0.2, 0.25) is 0 Å². The third-order valence-corrected chi connectivity index (χ3v) is 4.32. The Bertz CT molecular complexity index is 712. The quantitative estimate of drug-likeness (QED) is 0.940. The lowest BCUT2D eigenvalue weighted by Gasteiger charge is -2.26. The standard InChI is InChI=1S/C19H21NO3/c1-22-17-12-6-10-15(18(17)23-2)19(21)20-16-11-5-8-13-7-3-4-9-14(13)16/h3-4,6-7,9-10,12,16H,5,8,11H2,1-2H3,(H,20,21)/t16-/m1/s1. The van der Waals surface area contributed by atoms with Crippen LogP contribution < -0.4 is 14.8 Å². The van der Waals surface area contributed by atoms with E-state index in [9.17, 15) is 4.79 Å². The molecule has 0 saturated heterocycles. The Kier molecular flexibility index (Phi) is 4.51. The molecule has 2 aromatic carbocycles. The van der Waals surface area contributed by atoms with Gasteiger partial charge >= 0.3 is 0 Å². The van der Waals surface area contributed by atoms with Crippen LogP contribution in [0.4, 0.5) is 0 Å². The van der Waals surface area contributed by atoms with Crippen molar-refractivity contribution in [3.63, 3.8) is 0 Å². The first-order valence-corrected chi connectivity index (χ1v) is 7.84. The lowest BCUT2D eigenvalue weighted by atomic mass is 9.87. The van der Waals surface area contributed by atoms with Crippen LogP contribution in [0.25, 0.3) is 0 Å². The summed E-state index contributed by atoms with van der Waals surface area (Å²) < 4.78 is 10.6. The summed E-state index contributed by atoms with van der Waals surface area (Å²) >= 11 is 0. The SMILES string of the molecule is COc1cccc(C(=O)N[C@@H]2CCCc3ccccc32)c1OC. The predicted molar refractivity (Wildman–Crippen MR) is 89.1 cm³/mol.